The van der Waals surface area contributed by atoms with E-state index in [1.807, 2.05) is 29.8 Å². The van der Waals surface area contributed by atoms with E-state index in [0.717, 1.165) is 25.7 Å². The van der Waals surface area contributed by atoms with Crippen LogP contribution in [0.15, 0.2) is 73.6 Å². The number of amides is 5. The summed E-state index contributed by atoms with van der Waals surface area (Å²) in [6.45, 7) is -4.14. The van der Waals surface area contributed by atoms with Crippen molar-refractivity contribution in [2.24, 2.45) is 44.8 Å². The van der Waals surface area contributed by atoms with Crippen molar-refractivity contribution in [1.29, 1.82) is 0 Å². The van der Waals surface area contributed by atoms with Crippen molar-refractivity contribution in [1.82, 2.24) is 106 Å². The van der Waals surface area contributed by atoms with Crippen LogP contribution in [0.3, 0.4) is 0 Å². The van der Waals surface area contributed by atoms with E-state index in [4.69, 9.17) is 38.1 Å². The summed E-state index contributed by atoms with van der Waals surface area (Å²) in [6, 6.07) is 9.16. The summed E-state index contributed by atoms with van der Waals surface area (Å²) in [5.41, 5.74) is 2.66. The summed E-state index contributed by atoms with van der Waals surface area (Å²) in [4.78, 5) is 79.7. The molecule has 0 aromatic carbocycles. The zero-order valence-electron chi connectivity index (χ0n) is 59.3. The number of rotatable bonds is 21. The molecule has 34 nitrogen and oxygen atoms in total. The van der Waals surface area contributed by atoms with Crippen molar-refractivity contribution in [2.75, 3.05) is 68.8 Å². The number of aromatic nitrogens is 18. The van der Waals surface area contributed by atoms with E-state index >= 15 is 0 Å². The largest absolute Gasteiger partial charge is 0.492 e. The Balaban J connectivity index is 0.000000178. The first-order valence-electron chi connectivity index (χ1n) is 32.2. The van der Waals surface area contributed by atoms with Crippen LogP contribution in [0.5, 0.6) is 17.2 Å². The highest BCUT2D eigenvalue weighted by molar-refractivity contribution is 6.29. The lowest BCUT2D eigenvalue weighted by Crippen LogP contribution is -2.23. The monoisotopic (exact) mass is 1290 g/mol. The zero-order valence-corrected chi connectivity index (χ0v) is 51.0. The molecular weight excluding hydrogens is 1210 g/mol. The summed E-state index contributed by atoms with van der Waals surface area (Å²) >= 11 is 5.90. The maximum Gasteiger partial charge on any atom is 0.273 e. The number of aryl methyl sites for hydroxylation is 3. The number of nitrogens with zero attached hydrogens (tertiary/aromatic N) is 18. The van der Waals surface area contributed by atoms with E-state index in [2.05, 4.69) is 103 Å². The van der Waals surface area contributed by atoms with Gasteiger partial charge in [-0.25, -0.2) is 15.0 Å². The number of methoxy groups -OCH3 is 3. The van der Waals surface area contributed by atoms with Crippen LogP contribution in [0.1, 0.15) is 83.3 Å². The maximum atomic E-state index is 12.7. The third-order valence-corrected chi connectivity index (χ3v) is 14.3. The predicted molar refractivity (Wildman–Crippen MR) is 335 cm³/mol. The highest BCUT2D eigenvalue weighted by Gasteiger charge is 2.42. The van der Waals surface area contributed by atoms with Crippen LogP contribution in [-0.4, -0.2) is 162 Å². The highest BCUT2D eigenvalue weighted by Crippen LogP contribution is 2.44. The molecular formula is C57H65ClN26O8. The van der Waals surface area contributed by atoms with Gasteiger partial charge in [0, 0.05) is 103 Å². The second-order valence-electron chi connectivity index (χ2n) is 20.0. The number of halogens is 1. The summed E-state index contributed by atoms with van der Waals surface area (Å²) in [5.74, 6) is -1.13. The van der Waals surface area contributed by atoms with Crippen LogP contribution >= 0.6 is 11.6 Å². The van der Waals surface area contributed by atoms with Crippen LogP contribution < -0.4 is 56.7 Å². The van der Waals surface area contributed by atoms with Gasteiger partial charge >= 0.3 is 0 Å². The normalized spacial score (nSPS) is 16.8. The number of nitrogens with one attached hydrogen (secondary N) is 8. The van der Waals surface area contributed by atoms with Gasteiger partial charge in [-0.3, -0.25) is 24.0 Å². The molecule has 92 heavy (non-hydrogen) atoms. The summed E-state index contributed by atoms with van der Waals surface area (Å²) < 4.78 is 82.2. The lowest BCUT2D eigenvalue weighted by molar-refractivity contribution is -0.118. The minimum atomic E-state index is -2.74. The van der Waals surface area contributed by atoms with Crippen molar-refractivity contribution < 1.29 is 50.5 Å². The van der Waals surface area contributed by atoms with Gasteiger partial charge in [-0.2, -0.15) is 45.0 Å². The number of hydrogen-bond donors (Lipinski definition) is 8. The van der Waals surface area contributed by atoms with Gasteiger partial charge in [-0.1, -0.05) is 38.3 Å². The lowest BCUT2D eigenvalue weighted by Gasteiger charge is -2.15. The highest BCUT2D eigenvalue weighted by atomic mass is 35.5. The Hall–Kier alpha value is -11.5. The molecule has 9 aromatic rings. The van der Waals surface area contributed by atoms with Gasteiger partial charge in [0.1, 0.15) is 17.1 Å². The molecule has 0 aliphatic heterocycles. The molecule has 9 aromatic heterocycles. The van der Waals surface area contributed by atoms with Gasteiger partial charge in [0.05, 0.1) is 73.7 Å². The molecule has 2 saturated carbocycles. The minimum Gasteiger partial charge on any atom is -0.492 e. The van der Waals surface area contributed by atoms with E-state index in [-0.39, 0.29) is 92.0 Å². The van der Waals surface area contributed by atoms with Crippen LogP contribution in [0.2, 0.25) is 5.15 Å². The molecule has 2 aliphatic carbocycles. The second kappa shape index (κ2) is 29.2. The van der Waals surface area contributed by atoms with Gasteiger partial charge in [0.25, 0.3) is 17.7 Å². The Morgan fingerprint density at radius 3 is 1.15 bits per heavy atom. The van der Waals surface area contributed by atoms with Crippen LogP contribution in [0.4, 0.5) is 46.2 Å². The van der Waals surface area contributed by atoms with Crippen molar-refractivity contribution in [3.05, 3.63) is 95.8 Å². The van der Waals surface area contributed by atoms with Gasteiger partial charge in [-0.15, -0.1) is 30.6 Å². The molecule has 11 rings (SSSR count). The molecule has 35 heteroatoms. The number of carbonyl (C=O) groups is 5. The van der Waals surface area contributed by atoms with Crippen LogP contribution in [0, 0.1) is 23.7 Å². The Bertz CT molecular complexity index is 4340. The average Bonchev–Trinajstić information content (AvgIpc) is 1.20. The molecule has 0 spiro atoms. The van der Waals surface area contributed by atoms with Crippen molar-refractivity contribution in [2.45, 2.75) is 39.5 Å². The molecule has 0 unspecified atom stereocenters. The molecule has 0 radical (unpaired) electrons. The predicted octanol–water partition coefficient (Wildman–Crippen LogP) is 4.96. The minimum absolute atomic E-state index is 0.0121. The van der Waals surface area contributed by atoms with Crippen LogP contribution in [-0.2, 0) is 30.7 Å². The van der Waals surface area contributed by atoms with E-state index in [9.17, 15) is 24.0 Å². The SMILES string of the molecule is [2H]C([2H])([2H])NC(=O)c1nnc(Cl)cc1Nc1nccc(-c2cnn(C)n2)c1OC.[2H]C([2H])([2H])NC(=O)c1nnc(NC(=O)[C@@H]2C[C@H]2CC)cc1Nc1nccc(-c2cnn(C)n2)c1OC.[2H]C([2H])([2H])NC(=O)c1nnc(NC(=O)[C@@H]2C[C@H]2CC)cc1Nc1nccc(-c2cnn(C)n2)c1OC. The quantitative estimate of drug-likeness (QED) is 0.0471. The molecule has 2 aliphatic rings. The van der Waals surface area contributed by atoms with E-state index < -0.39 is 38.6 Å². The van der Waals surface area contributed by atoms with Crippen molar-refractivity contribution in [3.8, 4) is 51.0 Å². The van der Waals surface area contributed by atoms with Crippen LogP contribution in [0.25, 0.3) is 33.8 Å². The topological polar surface area (TPSA) is 417 Å². The number of ether oxygens (including phenoxy) is 3. The molecule has 9 heterocycles. The maximum absolute atomic E-state index is 12.7. The third-order valence-electron chi connectivity index (χ3n) is 14.1. The number of pyridine rings is 3. The fourth-order valence-electron chi connectivity index (χ4n) is 9.34. The first kappa shape index (κ1) is 53.6. The first-order chi connectivity index (χ1) is 47.9. The Labute approximate surface area is 542 Å². The van der Waals surface area contributed by atoms with E-state index in [1.54, 1.807) is 57.9 Å². The Kier molecular flexibility index (Phi) is 17.0. The van der Waals surface area contributed by atoms with Crippen molar-refractivity contribution >= 4 is 87.3 Å². The van der Waals surface area contributed by atoms with E-state index in [1.165, 1.54) is 72.5 Å². The van der Waals surface area contributed by atoms with Gasteiger partial charge in [0.2, 0.25) is 11.8 Å². The summed E-state index contributed by atoms with van der Waals surface area (Å²) in [5, 5.41) is 67.7. The second-order valence-corrected chi connectivity index (χ2v) is 20.4. The standard InChI is InChI=1S/2C21H25N9O3.C15H15ClN8O2/c2*1-5-11-8-13(11)20(31)26-16-9-14(17(28-27-16)21(32)22-2)25-19-18(33-4)12(6-7-23-19)15-10-24-30(3)29-15;1-17-15(25)12-9(6-11(16)21-22-12)20-14-13(26-3)8(4-5-18-14)10-7-19-24(2)23-10/h2*6-7,9-11,13H,5,8H2,1-4H3,(H,22,32)(H2,23,25,26,27,31);4-7H,1-3H3,(H,17,25)(H,18,20,21)/t2*11-,13-;/m11./s1/i2*2D3;1D3. The average molecular weight is 1290 g/mol. The number of anilines is 8. The number of carbonyl (C=O) groups excluding carboxylic acids is 5. The smallest absolute Gasteiger partial charge is 0.273 e. The molecule has 5 amide bonds. The molecule has 0 bridgehead atoms. The third kappa shape index (κ3) is 15.2. The van der Waals surface area contributed by atoms with Crippen molar-refractivity contribution in [3.63, 3.8) is 0 Å². The first-order valence-corrected chi connectivity index (χ1v) is 28.1. The zero-order chi connectivity index (χ0) is 73.3. The van der Waals surface area contributed by atoms with Gasteiger partial charge in [0.15, 0.2) is 68.6 Å². The lowest BCUT2D eigenvalue weighted by atomic mass is 10.2. The van der Waals surface area contributed by atoms with E-state index in [0.29, 0.717) is 62.9 Å². The summed E-state index contributed by atoms with van der Waals surface area (Å²) in [6.07, 6.45) is 12.6. The fourth-order valence-corrected chi connectivity index (χ4v) is 9.49. The molecule has 0 saturated heterocycles. The summed E-state index contributed by atoms with van der Waals surface area (Å²) in [7, 11) is 9.36. The Morgan fingerprint density at radius 2 is 0.859 bits per heavy atom. The van der Waals surface area contributed by atoms with Gasteiger partial charge < -0.3 is 56.7 Å². The molecule has 2 fully saturated rings. The van der Waals surface area contributed by atoms with Gasteiger partial charge in [-0.05, 0) is 42.9 Å². The molecule has 8 N–H and O–H groups in total. The Morgan fingerprint density at radius 1 is 0.522 bits per heavy atom. The number of hydrogen-bond acceptors (Lipinski definition) is 26. The molecule has 478 valence electrons. The molecule has 4 atom stereocenters. The fraction of sp³-hybridized carbons (Fsp3) is 0.333.